The summed E-state index contributed by atoms with van der Waals surface area (Å²) in [6, 6.07) is 16.5. The van der Waals surface area contributed by atoms with E-state index < -0.39 is 6.04 Å². The number of benzene rings is 2. The predicted molar refractivity (Wildman–Crippen MR) is 108 cm³/mol. The third-order valence-corrected chi connectivity index (χ3v) is 5.00. The van der Waals surface area contributed by atoms with Crippen LogP contribution in [0.25, 0.3) is 22.6 Å². The molecule has 0 aliphatic carbocycles. The van der Waals surface area contributed by atoms with Crippen molar-refractivity contribution in [1.82, 2.24) is 20.4 Å². The minimum atomic E-state index is -0.404. The summed E-state index contributed by atoms with van der Waals surface area (Å²) in [5.74, 6) is 0.646. The van der Waals surface area contributed by atoms with Gasteiger partial charge in [-0.15, -0.1) is 11.3 Å². The van der Waals surface area contributed by atoms with E-state index in [1.807, 2.05) is 61.7 Å². The number of carbonyl (C=O) groups is 1. The molecule has 1 atom stereocenters. The maximum absolute atomic E-state index is 12.3. The third-order valence-electron chi connectivity index (χ3n) is 4.23. The molecule has 1 N–H and O–H groups in total. The zero-order valence-electron chi connectivity index (χ0n) is 15.4. The Morgan fingerprint density at radius 1 is 1.07 bits per heavy atom. The molecule has 0 aliphatic heterocycles. The predicted octanol–water partition coefficient (Wildman–Crippen LogP) is 4.66. The Morgan fingerprint density at radius 2 is 1.86 bits per heavy atom. The minimum Gasteiger partial charge on any atom is -0.341 e. The van der Waals surface area contributed by atoms with Gasteiger partial charge in [0, 0.05) is 22.1 Å². The van der Waals surface area contributed by atoms with Crippen LogP contribution in [0.15, 0.2) is 64.5 Å². The van der Waals surface area contributed by atoms with Gasteiger partial charge in [-0.25, -0.2) is 4.98 Å². The van der Waals surface area contributed by atoms with Crippen LogP contribution in [0.2, 0.25) is 0 Å². The lowest BCUT2D eigenvalue weighted by Crippen LogP contribution is -2.26. The van der Waals surface area contributed by atoms with Crippen molar-refractivity contribution < 1.29 is 9.32 Å². The smallest absolute Gasteiger partial charge is 0.251 e. The largest absolute Gasteiger partial charge is 0.341 e. The Morgan fingerprint density at radius 3 is 2.61 bits per heavy atom. The number of nitrogens with zero attached hydrogens (tertiary/aromatic N) is 3. The first-order valence-electron chi connectivity index (χ1n) is 8.82. The van der Waals surface area contributed by atoms with Crippen molar-refractivity contribution in [3.63, 3.8) is 0 Å². The van der Waals surface area contributed by atoms with Crippen molar-refractivity contribution in [3.05, 3.63) is 76.4 Å². The first-order chi connectivity index (χ1) is 13.6. The molecule has 0 spiro atoms. The van der Waals surface area contributed by atoms with Crippen molar-refractivity contribution in [2.75, 3.05) is 0 Å². The number of amides is 1. The summed E-state index contributed by atoms with van der Waals surface area (Å²) >= 11 is 1.61. The van der Waals surface area contributed by atoms with Crippen molar-refractivity contribution in [2.24, 2.45) is 0 Å². The molecule has 2 heterocycles. The SMILES string of the molecule is Cc1nc(-c2cccc(-c3noc([C@H](C)NC(=O)c4ccccc4)n3)c2)cs1. The normalized spacial score (nSPS) is 11.9. The van der Waals surface area contributed by atoms with E-state index in [9.17, 15) is 4.79 Å². The standard InChI is InChI=1S/C21H18N4O2S/c1-13(22-20(26)15-7-4-3-5-8-15)21-24-19(25-27-21)17-10-6-9-16(11-17)18-12-28-14(2)23-18/h3-13H,1-2H3,(H,22,26)/t13-/m0/s1. The highest BCUT2D eigenvalue weighted by Crippen LogP contribution is 2.26. The molecule has 0 radical (unpaired) electrons. The van der Waals surface area contributed by atoms with Gasteiger partial charge in [0.2, 0.25) is 11.7 Å². The van der Waals surface area contributed by atoms with Crippen LogP contribution >= 0.6 is 11.3 Å². The van der Waals surface area contributed by atoms with Gasteiger partial charge in [0.25, 0.3) is 5.91 Å². The molecule has 0 aliphatic rings. The van der Waals surface area contributed by atoms with Crippen molar-refractivity contribution in [2.45, 2.75) is 19.9 Å². The fourth-order valence-corrected chi connectivity index (χ4v) is 3.40. The first-order valence-corrected chi connectivity index (χ1v) is 9.70. The van der Waals surface area contributed by atoms with Crippen LogP contribution in [0.1, 0.15) is 34.2 Å². The minimum absolute atomic E-state index is 0.186. The molecular weight excluding hydrogens is 372 g/mol. The van der Waals surface area contributed by atoms with Gasteiger partial charge >= 0.3 is 0 Å². The van der Waals surface area contributed by atoms with Crippen LogP contribution in [-0.2, 0) is 0 Å². The Balaban J connectivity index is 1.52. The Bertz CT molecular complexity index is 1100. The zero-order chi connectivity index (χ0) is 19.5. The van der Waals surface area contributed by atoms with Crippen molar-refractivity contribution in [1.29, 1.82) is 0 Å². The lowest BCUT2D eigenvalue weighted by Gasteiger charge is -2.09. The number of aryl methyl sites for hydroxylation is 1. The topological polar surface area (TPSA) is 80.9 Å². The summed E-state index contributed by atoms with van der Waals surface area (Å²) in [5.41, 5.74) is 3.34. The van der Waals surface area contributed by atoms with Crippen LogP contribution in [0.3, 0.4) is 0 Å². The Kier molecular flexibility index (Phi) is 4.99. The number of aromatic nitrogens is 3. The number of carbonyl (C=O) groups excluding carboxylic acids is 1. The van der Waals surface area contributed by atoms with E-state index in [0.717, 1.165) is 21.8 Å². The van der Waals surface area contributed by atoms with Gasteiger partial charge < -0.3 is 9.84 Å². The summed E-state index contributed by atoms with van der Waals surface area (Å²) in [7, 11) is 0. The zero-order valence-corrected chi connectivity index (χ0v) is 16.2. The van der Waals surface area contributed by atoms with Crippen molar-refractivity contribution >= 4 is 17.2 Å². The van der Waals surface area contributed by atoms with Gasteiger partial charge in [-0.1, -0.05) is 41.6 Å². The van der Waals surface area contributed by atoms with Gasteiger partial charge in [0.15, 0.2) is 0 Å². The molecule has 28 heavy (non-hydrogen) atoms. The number of hydrogen-bond acceptors (Lipinski definition) is 6. The molecule has 1 amide bonds. The lowest BCUT2D eigenvalue weighted by molar-refractivity contribution is 0.0932. The van der Waals surface area contributed by atoms with E-state index >= 15 is 0 Å². The summed E-state index contributed by atoms with van der Waals surface area (Å²) in [5, 5.41) is 9.99. The van der Waals surface area contributed by atoms with E-state index in [-0.39, 0.29) is 5.91 Å². The van der Waals surface area contributed by atoms with Crippen LogP contribution in [0.5, 0.6) is 0 Å². The van der Waals surface area contributed by atoms with E-state index in [1.54, 1.807) is 23.5 Å². The summed E-state index contributed by atoms with van der Waals surface area (Å²) < 4.78 is 5.38. The summed E-state index contributed by atoms with van der Waals surface area (Å²) in [6.45, 7) is 3.79. The van der Waals surface area contributed by atoms with Gasteiger partial charge in [-0.2, -0.15) is 4.98 Å². The average molecular weight is 390 g/mol. The molecule has 7 heteroatoms. The van der Waals surface area contributed by atoms with Gasteiger partial charge in [-0.05, 0) is 32.0 Å². The Labute approximate surface area is 166 Å². The molecule has 0 unspecified atom stereocenters. The van der Waals surface area contributed by atoms with Gasteiger partial charge in [0.05, 0.1) is 10.7 Å². The summed E-state index contributed by atoms with van der Waals surface area (Å²) in [4.78, 5) is 21.3. The van der Waals surface area contributed by atoms with Crippen LogP contribution in [0.4, 0.5) is 0 Å². The van der Waals surface area contributed by atoms with Gasteiger partial charge in [0.1, 0.15) is 6.04 Å². The van der Waals surface area contributed by atoms with E-state index in [2.05, 4.69) is 20.4 Å². The third kappa shape index (κ3) is 3.84. The molecular formula is C21H18N4O2S. The highest BCUT2D eigenvalue weighted by molar-refractivity contribution is 7.09. The molecule has 0 saturated heterocycles. The Hall–Kier alpha value is -3.32. The molecule has 140 valence electrons. The molecule has 0 fully saturated rings. The molecule has 0 saturated carbocycles. The van der Waals surface area contributed by atoms with Gasteiger partial charge in [-0.3, -0.25) is 4.79 Å². The maximum atomic E-state index is 12.3. The number of rotatable bonds is 5. The van der Waals surface area contributed by atoms with E-state index in [4.69, 9.17) is 4.52 Å². The highest BCUT2D eigenvalue weighted by atomic mass is 32.1. The van der Waals surface area contributed by atoms with E-state index in [0.29, 0.717) is 17.3 Å². The summed E-state index contributed by atoms with van der Waals surface area (Å²) in [6.07, 6.45) is 0. The fraction of sp³-hybridized carbons (Fsp3) is 0.143. The van der Waals surface area contributed by atoms with Crippen molar-refractivity contribution in [3.8, 4) is 22.6 Å². The second kappa shape index (κ2) is 7.74. The highest BCUT2D eigenvalue weighted by Gasteiger charge is 2.18. The monoisotopic (exact) mass is 390 g/mol. The molecule has 0 bridgehead atoms. The molecule has 4 rings (SSSR count). The van der Waals surface area contributed by atoms with Crippen LogP contribution < -0.4 is 5.32 Å². The number of nitrogens with one attached hydrogen (secondary N) is 1. The molecule has 4 aromatic rings. The molecule has 2 aromatic carbocycles. The quantitative estimate of drug-likeness (QED) is 0.536. The molecule has 6 nitrogen and oxygen atoms in total. The lowest BCUT2D eigenvalue weighted by atomic mass is 10.1. The second-order valence-corrected chi connectivity index (χ2v) is 7.41. The average Bonchev–Trinajstić information content (AvgIpc) is 3.38. The van der Waals surface area contributed by atoms with Crippen LogP contribution in [0, 0.1) is 6.92 Å². The van der Waals surface area contributed by atoms with E-state index in [1.165, 1.54) is 0 Å². The number of hydrogen-bond donors (Lipinski definition) is 1. The second-order valence-electron chi connectivity index (χ2n) is 6.35. The van der Waals surface area contributed by atoms with Crippen LogP contribution in [-0.4, -0.2) is 21.0 Å². The number of thiazole rings is 1. The fourth-order valence-electron chi connectivity index (χ4n) is 2.77. The first kappa shape index (κ1) is 18.1. The molecule has 2 aromatic heterocycles. The maximum Gasteiger partial charge on any atom is 0.251 e.